The zero-order chi connectivity index (χ0) is 15.4. The third-order valence-electron chi connectivity index (χ3n) is 2.84. The molecule has 1 unspecified atom stereocenters. The quantitative estimate of drug-likeness (QED) is 0.711. The van der Waals surface area contributed by atoms with E-state index in [2.05, 4.69) is 5.32 Å². The molecule has 1 aromatic rings. The van der Waals surface area contributed by atoms with E-state index in [1.54, 1.807) is 20.8 Å². The van der Waals surface area contributed by atoms with Gasteiger partial charge in [-0.05, 0) is 5.92 Å². The molecule has 1 rings (SSSR count). The molecular formula is C13H18N2O5. The average Bonchev–Trinajstić information content (AvgIpc) is 2.79. The molecule has 0 aliphatic carbocycles. The number of nitrogens with two attached hydrogens (primary N) is 1. The number of amides is 2. The number of nitrogens with one attached hydrogen (secondary N) is 1. The van der Waals surface area contributed by atoms with E-state index in [-0.39, 0.29) is 23.0 Å². The number of hydrogen-bond donors (Lipinski definition) is 3. The van der Waals surface area contributed by atoms with Gasteiger partial charge in [-0.1, -0.05) is 20.8 Å². The zero-order valence-corrected chi connectivity index (χ0v) is 11.6. The van der Waals surface area contributed by atoms with Crippen LogP contribution in [0.2, 0.25) is 0 Å². The fourth-order valence-electron chi connectivity index (χ4n) is 1.76. The van der Waals surface area contributed by atoms with Crippen molar-refractivity contribution < 1.29 is 23.9 Å². The SMILES string of the molecule is CCc1oc(C(=O)NC(C(N)=O)C(C)C)cc1C(=O)O. The summed E-state index contributed by atoms with van der Waals surface area (Å²) in [6, 6.07) is 0.306. The summed E-state index contributed by atoms with van der Waals surface area (Å²) in [6.45, 7) is 5.18. The highest BCUT2D eigenvalue weighted by molar-refractivity contribution is 5.98. The van der Waals surface area contributed by atoms with Crippen LogP contribution in [0.5, 0.6) is 0 Å². The number of rotatable bonds is 6. The first kappa shape index (κ1) is 15.7. The second-order valence-electron chi connectivity index (χ2n) is 4.70. The topological polar surface area (TPSA) is 123 Å². The van der Waals surface area contributed by atoms with Gasteiger partial charge in [0.1, 0.15) is 17.4 Å². The third-order valence-corrected chi connectivity index (χ3v) is 2.84. The summed E-state index contributed by atoms with van der Waals surface area (Å²) in [5, 5.41) is 11.4. The summed E-state index contributed by atoms with van der Waals surface area (Å²) in [7, 11) is 0. The van der Waals surface area contributed by atoms with Gasteiger partial charge in [0, 0.05) is 12.5 Å². The first-order chi connectivity index (χ1) is 9.27. The maximum Gasteiger partial charge on any atom is 0.339 e. The monoisotopic (exact) mass is 282 g/mol. The Hall–Kier alpha value is -2.31. The average molecular weight is 282 g/mol. The smallest absolute Gasteiger partial charge is 0.339 e. The van der Waals surface area contributed by atoms with Crippen molar-refractivity contribution in [2.24, 2.45) is 11.7 Å². The zero-order valence-electron chi connectivity index (χ0n) is 11.6. The predicted molar refractivity (Wildman–Crippen MR) is 70.3 cm³/mol. The molecule has 7 nitrogen and oxygen atoms in total. The van der Waals surface area contributed by atoms with Gasteiger partial charge in [0.25, 0.3) is 5.91 Å². The van der Waals surface area contributed by atoms with Crippen LogP contribution in [0.15, 0.2) is 10.5 Å². The molecule has 0 saturated carbocycles. The maximum atomic E-state index is 12.0. The van der Waals surface area contributed by atoms with Crippen LogP contribution in [-0.4, -0.2) is 28.9 Å². The minimum absolute atomic E-state index is 0.0576. The Bertz CT molecular complexity index is 533. The lowest BCUT2D eigenvalue weighted by Crippen LogP contribution is -2.47. The molecule has 1 atom stereocenters. The van der Waals surface area contributed by atoms with Crippen molar-refractivity contribution >= 4 is 17.8 Å². The number of carbonyl (C=O) groups is 3. The molecule has 110 valence electrons. The lowest BCUT2D eigenvalue weighted by atomic mass is 10.0. The Balaban J connectivity index is 2.98. The third kappa shape index (κ3) is 3.37. The first-order valence-corrected chi connectivity index (χ1v) is 6.24. The van der Waals surface area contributed by atoms with E-state index >= 15 is 0 Å². The van der Waals surface area contributed by atoms with Crippen LogP contribution in [0.4, 0.5) is 0 Å². The summed E-state index contributed by atoms with van der Waals surface area (Å²) in [5.41, 5.74) is 5.14. The van der Waals surface area contributed by atoms with Crippen molar-refractivity contribution in [2.45, 2.75) is 33.2 Å². The van der Waals surface area contributed by atoms with Crippen LogP contribution in [-0.2, 0) is 11.2 Å². The second-order valence-corrected chi connectivity index (χ2v) is 4.70. The number of hydrogen-bond acceptors (Lipinski definition) is 4. The van der Waals surface area contributed by atoms with E-state index in [4.69, 9.17) is 15.3 Å². The van der Waals surface area contributed by atoms with Gasteiger partial charge in [-0.2, -0.15) is 0 Å². The molecule has 0 aromatic carbocycles. The van der Waals surface area contributed by atoms with E-state index in [1.165, 1.54) is 0 Å². The molecule has 0 bridgehead atoms. The number of carbonyl (C=O) groups excluding carboxylic acids is 2. The summed E-state index contributed by atoms with van der Waals surface area (Å²) in [6.07, 6.45) is 0.346. The van der Waals surface area contributed by atoms with E-state index in [9.17, 15) is 14.4 Å². The lowest BCUT2D eigenvalue weighted by molar-refractivity contribution is -0.120. The normalized spacial score (nSPS) is 12.2. The van der Waals surface area contributed by atoms with Crippen molar-refractivity contribution in [3.8, 4) is 0 Å². The van der Waals surface area contributed by atoms with Gasteiger partial charge >= 0.3 is 5.97 Å². The van der Waals surface area contributed by atoms with Gasteiger partial charge in [-0.3, -0.25) is 9.59 Å². The fourth-order valence-corrected chi connectivity index (χ4v) is 1.76. The van der Waals surface area contributed by atoms with Gasteiger partial charge < -0.3 is 20.6 Å². The van der Waals surface area contributed by atoms with Crippen molar-refractivity contribution in [3.63, 3.8) is 0 Å². The minimum atomic E-state index is -1.17. The van der Waals surface area contributed by atoms with Crippen molar-refractivity contribution in [2.75, 3.05) is 0 Å². The lowest BCUT2D eigenvalue weighted by Gasteiger charge is -2.17. The molecule has 0 spiro atoms. The molecule has 1 heterocycles. The number of primary amides is 1. The molecule has 0 aliphatic rings. The largest absolute Gasteiger partial charge is 0.478 e. The molecule has 0 saturated heterocycles. The molecular weight excluding hydrogens is 264 g/mol. The summed E-state index contributed by atoms with van der Waals surface area (Å²) >= 11 is 0. The van der Waals surface area contributed by atoms with Crippen LogP contribution in [0.25, 0.3) is 0 Å². The Morgan fingerprint density at radius 1 is 1.40 bits per heavy atom. The first-order valence-electron chi connectivity index (χ1n) is 6.24. The fraction of sp³-hybridized carbons (Fsp3) is 0.462. The van der Waals surface area contributed by atoms with E-state index < -0.39 is 23.8 Å². The molecule has 4 N–H and O–H groups in total. The number of aromatic carboxylic acids is 1. The number of aryl methyl sites for hydroxylation is 1. The van der Waals surface area contributed by atoms with Crippen LogP contribution < -0.4 is 11.1 Å². The number of carboxylic acids is 1. The van der Waals surface area contributed by atoms with Crippen LogP contribution >= 0.6 is 0 Å². The molecule has 7 heteroatoms. The Labute approximate surface area is 116 Å². The standard InChI is InChI=1S/C13H18N2O5/c1-4-8-7(13(18)19)5-9(20-8)12(17)15-10(6(2)3)11(14)16/h5-6,10H,4H2,1-3H3,(H2,14,16)(H,15,17)(H,18,19). The minimum Gasteiger partial charge on any atom is -0.478 e. The highest BCUT2D eigenvalue weighted by Crippen LogP contribution is 2.17. The Kier molecular flexibility index (Phi) is 4.90. The van der Waals surface area contributed by atoms with Crippen LogP contribution in [0.3, 0.4) is 0 Å². The summed E-state index contributed by atoms with van der Waals surface area (Å²) in [4.78, 5) is 34.2. The van der Waals surface area contributed by atoms with Gasteiger partial charge in [-0.15, -0.1) is 0 Å². The van der Waals surface area contributed by atoms with Crippen molar-refractivity contribution in [3.05, 3.63) is 23.2 Å². The highest BCUT2D eigenvalue weighted by atomic mass is 16.4. The summed E-state index contributed by atoms with van der Waals surface area (Å²) < 4.78 is 5.20. The van der Waals surface area contributed by atoms with E-state index in [1.807, 2.05) is 0 Å². The Morgan fingerprint density at radius 2 is 2.00 bits per heavy atom. The Morgan fingerprint density at radius 3 is 2.35 bits per heavy atom. The van der Waals surface area contributed by atoms with E-state index in [0.717, 1.165) is 6.07 Å². The molecule has 1 aromatic heterocycles. The van der Waals surface area contributed by atoms with Crippen LogP contribution in [0.1, 0.15) is 47.4 Å². The van der Waals surface area contributed by atoms with Gasteiger partial charge in [-0.25, -0.2) is 4.79 Å². The molecule has 20 heavy (non-hydrogen) atoms. The van der Waals surface area contributed by atoms with Gasteiger partial charge in [0.2, 0.25) is 5.91 Å². The van der Waals surface area contributed by atoms with Crippen LogP contribution in [0, 0.1) is 5.92 Å². The maximum absolute atomic E-state index is 12.0. The highest BCUT2D eigenvalue weighted by Gasteiger charge is 2.25. The van der Waals surface area contributed by atoms with Crippen molar-refractivity contribution in [1.29, 1.82) is 0 Å². The number of furan rings is 1. The second kappa shape index (κ2) is 6.23. The van der Waals surface area contributed by atoms with Gasteiger partial charge in [0.05, 0.1) is 0 Å². The van der Waals surface area contributed by atoms with E-state index in [0.29, 0.717) is 6.42 Å². The molecule has 0 fully saturated rings. The molecule has 2 amide bonds. The van der Waals surface area contributed by atoms with Gasteiger partial charge in [0.15, 0.2) is 5.76 Å². The predicted octanol–water partition coefficient (Wildman–Crippen LogP) is 0.780. The number of carboxylic acid groups (broad SMARTS) is 1. The molecule has 0 aliphatic heterocycles. The van der Waals surface area contributed by atoms with Crippen molar-refractivity contribution in [1.82, 2.24) is 5.32 Å². The molecule has 0 radical (unpaired) electrons. The summed E-state index contributed by atoms with van der Waals surface area (Å²) in [5.74, 6) is -2.61.